The Morgan fingerprint density at radius 2 is 2.22 bits per heavy atom. The fourth-order valence-electron chi connectivity index (χ4n) is 1.49. The average molecular weight is 263 g/mol. The molecule has 0 aliphatic rings. The maximum Gasteiger partial charge on any atom is 0.224 e. The predicted octanol–water partition coefficient (Wildman–Crippen LogP) is 2.93. The highest BCUT2D eigenvalue weighted by molar-refractivity contribution is 7.09. The minimum Gasteiger partial charge on any atom is -0.361 e. The van der Waals surface area contributed by atoms with Crippen molar-refractivity contribution in [1.82, 2.24) is 15.0 Å². The fourth-order valence-corrected chi connectivity index (χ4v) is 2.14. The summed E-state index contributed by atoms with van der Waals surface area (Å²) in [5.41, 5.74) is 0. The molecule has 0 amide bonds. The van der Waals surface area contributed by atoms with Crippen LogP contribution in [0.2, 0.25) is 0 Å². The minimum absolute atomic E-state index is 0.152. The molecule has 0 radical (unpaired) electrons. The van der Waals surface area contributed by atoms with Crippen molar-refractivity contribution >= 4 is 23.1 Å². The molecular weight excluding hydrogens is 246 g/mol. The maximum absolute atomic E-state index is 4.40. The first-order valence-corrected chi connectivity index (χ1v) is 6.90. The van der Waals surface area contributed by atoms with Crippen LogP contribution < -0.4 is 10.6 Å². The average Bonchev–Trinajstić information content (AvgIpc) is 2.91. The summed E-state index contributed by atoms with van der Waals surface area (Å²) in [6, 6.07) is 2.01. The van der Waals surface area contributed by atoms with E-state index < -0.39 is 0 Å². The first-order valence-electron chi connectivity index (χ1n) is 6.02. The predicted molar refractivity (Wildman–Crippen MR) is 75.0 cm³/mol. The number of thiazole rings is 1. The topological polar surface area (TPSA) is 62.7 Å². The number of aromatic nitrogens is 3. The Labute approximate surface area is 111 Å². The van der Waals surface area contributed by atoms with Crippen LogP contribution in [0.3, 0.4) is 0 Å². The molecule has 0 saturated heterocycles. The number of nitrogens with one attached hydrogen (secondary N) is 2. The largest absolute Gasteiger partial charge is 0.361 e. The monoisotopic (exact) mass is 263 g/mol. The van der Waals surface area contributed by atoms with Crippen LogP contribution in [0.1, 0.15) is 31.3 Å². The van der Waals surface area contributed by atoms with Crippen LogP contribution in [0.15, 0.2) is 23.8 Å². The van der Waals surface area contributed by atoms with E-state index in [0.29, 0.717) is 5.95 Å². The van der Waals surface area contributed by atoms with E-state index in [-0.39, 0.29) is 6.04 Å². The second-order valence-corrected chi connectivity index (χ2v) is 4.85. The van der Waals surface area contributed by atoms with Crippen LogP contribution in [0, 0.1) is 0 Å². The smallest absolute Gasteiger partial charge is 0.224 e. The Morgan fingerprint density at radius 3 is 2.94 bits per heavy atom. The summed E-state index contributed by atoms with van der Waals surface area (Å²) < 4.78 is 0. The lowest BCUT2D eigenvalue weighted by atomic mass is 10.3. The zero-order valence-electron chi connectivity index (χ0n) is 10.6. The standard InChI is InChI=1S/C12H17N5S/c1-3-5-14-12-15-6-4-10(17-12)16-9(2)11-13-7-8-18-11/h4,6-9H,3,5H2,1-2H3,(H2,14,15,16,17). The number of nitrogens with zero attached hydrogens (tertiary/aromatic N) is 3. The van der Waals surface area contributed by atoms with Crippen LogP contribution in [-0.4, -0.2) is 21.5 Å². The van der Waals surface area contributed by atoms with Gasteiger partial charge in [-0.25, -0.2) is 9.97 Å². The fraction of sp³-hybridized carbons (Fsp3) is 0.417. The van der Waals surface area contributed by atoms with Gasteiger partial charge in [-0.3, -0.25) is 0 Å². The molecule has 0 bridgehead atoms. The quantitative estimate of drug-likeness (QED) is 0.839. The molecule has 0 saturated carbocycles. The van der Waals surface area contributed by atoms with E-state index in [1.165, 1.54) is 0 Å². The van der Waals surface area contributed by atoms with Gasteiger partial charge in [0.15, 0.2) is 0 Å². The zero-order valence-corrected chi connectivity index (χ0v) is 11.4. The van der Waals surface area contributed by atoms with E-state index in [9.17, 15) is 0 Å². The number of hydrogen-bond acceptors (Lipinski definition) is 6. The summed E-state index contributed by atoms with van der Waals surface area (Å²) >= 11 is 1.64. The number of rotatable bonds is 6. The molecule has 5 nitrogen and oxygen atoms in total. The van der Waals surface area contributed by atoms with Gasteiger partial charge in [0.25, 0.3) is 0 Å². The molecule has 96 valence electrons. The summed E-state index contributed by atoms with van der Waals surface area (Å²) in [6.45, 7) is 5.06. The molecular formula is C12H17N5S. The third-order valence-corrected chi connectivity index (χ3v) is 3.33. The van der Waals surface area contributed by atoms with Crippen molar-refractivity contribution in [2.45, 2.75) is 26.3 Å². The van der Waals surface area contributed by atoms with Crippen LogP contribution in [0.5, 0.6) is 0 Å². The first kappa shape index (κ1) is 12.8. The van der Waals surface area contributed by atoms with Crippen molar-refractivity contribution in [3.63, 3.8) is 0 Å². The highest BCUT2D eigenvalue weighted by Gasteiger charge is 2.08. The second kappa shape index (κ2) is 6.30. The van der Waals surface area contributed by atoms with Gasteiger partial charge in [-0.15, -0.1) is 11.3 Å². The van der Waals surface area contributed by atoms with E-state index in [1.54, 1.807) is 17.5 Å². The molecule has 1 unspecified atom stereocenters. The number of hydrogen-bond donors (Lipinski definition) is 2. The van der Waals surface area contributed by atoms with Crippen molar-refractivity contribution in [3.8, 4) is 0 Å². The molecule has 2 N–H and O–H groups in total. The van der Waals surface area contributed by atoms with Crippen molar-refractivity contribution in [2.75, 3.05) is 17.2 Å². The molecule has 0 aliphatic heterocycles. The Hall–Kier alpha value is -1.69. The molecule has 0 aromatic carbocycles. The third-order valence-electron chi connectivity index (χ3n) is 2.37. The van der Waals surface area contributed by atoms with Gasteiger partial charge in [0.1, 0.15) is 10.8 Å². The van der Waals surface area contributed by atoms with Crippen molar-refractivity contribution in [1.29, 1.82) is 0 Å². The summed E-state index contributed by atoms with van der Waals surface area (Å²) in [7, 11) is 0. The first-order chi connectivity index (χ1) is 8.79. The Kier molecular flexibility index (Phi) is 4.46. The van der Waals surface area contributed by atoms with Crippen molar-refractivity contribution in [2.24, 2.45) is 0 Å². The van der Waals surface area contributed by atoms with Gasteiger partial charge in [0.05, 0.1) is 6.04 Å². The van der Waals surface area contributed by atoms with Crippen LogP contribution >= 0.6 is 11.3 Å². The van der Waals surface area contributed by atoms with Gasteiger partial charge in [-0.05, 0) is 19.4 Å². The van der Waals surface area contributed by atoms with Gasteiger partial charge >= 0.3 is 0 Å². The van der Waals surface area contributed by atoms with Gasteiger partial charge in [0.2, 0.25) is 5.95 Å². The summed E-state index contributed by atoms with van der Waals surface area (Å²) in [5, 5.41) is 9.51. The summed E-state index contributed by atoms with van der Waals surface area (Å²) in [5.74, 6) is 1.47. The van der Waals surface area contributed by atoms with Gasteiger partial charge in [0, 0.05) is 24.3 Å². The molecule has 0 spiro atoms. The van der Waals surface area contributed by atoms with Crippen LogP contribution in [0.25, 0.3) is 0 Å². The highest BCUT2D eigenvalue weighted by atomic mass is 32.1. The van der Waals surface area contributed by atoms with Gasteiger partial charge < -0.3 is 10.6 Å². The van der Waals surface area contributed by atoms with Gasteiger partial charge in [-0.2, -0.15) is 4.98 Å². The zero-order chi connectivity index (χ0) is 12.8. The molecule has 2 aromatic heterocycles. The van der Waals surface area contributed by atoms with Crippen LogP contribution in [-0.2, 0) is 0 Å². The van der Waals surface area contributed by atoms with Crippen molar-refractivity contribution < 1.29 is 0 Å². The lowest BCUT2D eigenvalue weighted by Gasteiger charge is -2.12. The lowest BCUT2D eigenvalue weighted by molar-refractivity contribution is 0.857. The lowest BCUT2D eigenvalue weighted by Crippen LogP contribution is -2.10. The molecule has 2 rings (SSSR count). The Bertz CT molecular complexity index is 471. The van der Waals surface area contributed by atoms with E-state index in [0.717, 1.165) is 23.8 Å². The van der Waals surface area contributed by atoms with Gasteiger partial charge in [-0.1, -0.05) is 6.92 Å². The highest BCUT2D eigenvalue weighted by Crippen LogP contribution is 2.19. The Balaban J connectivity index is 2.00. The van der Waals surface area contributed by atoms with Crippen LogP contribution in [0.4, 0.5) is 11.8 Å². The second-order valence-electron chi connectivity index (χ2n) is 3.93. The normalized spacial score (nSPS) is 12.1. The van der Waals surface area contributed by atoms with E-state index >= 15 is 0 Å². The van der Waals surface area contributed by atoms with E-state index in [2.05, 4.69) is 39.4 Å². The van der Waals surface area contributed by atoms with E-state index in [1.807, 2.05) is 17.6 Å². The molecule has 2 aromatic rings. The minimum atomic E-state index is 0.152. The molecule has 0 aliphatic carbocycles. The molecule has 0 fully saturated rings. The molecule has 2 heterocycles. The van der Waals surface area contributed by atoms with Crippen molar-refractivity contribution in [3.05, 3.63) is 28.8 Å². The summed E-state index contributed by atoms with van der Waals surface area (Å²) in [4.78, 5) is 12.9. The Morgan fingerprint density at radius 1 is 1.33 bits per heavy atom. The molecule has 18 heavy (non-hydrogen) atoms. The third kappa shape index (κ3) is 3.40. The number of anilines is 2. The van der Waals surface area contributed by atoms with E-state index in [4.69, 9.17) is 0 Å². The maximum atomic E-state index is 4.40. The SMILES string of the molecule is CCCNc1nccc(NC(C)c2nccs2)n1. The molecule has 6 heteroatoms. The summed E-state index contributed by atoms with van der Waals surface area (Å²) in [6.07, 6.45) is 4.62. The molecule has 1 atom stereocenters.